The molecule has 0 saturated carbocycles. The van der Waals surface area contributed by atoms with E-state index in [1.807, 2.05) is 38.1 Å². The van der Waals surface area contributed by atoms with Gasteiger partial charge >= 0.3 is 6.03 Å². The monoisotopic (exact) mass is 368 g/mol. The summed E-state index contributed by atoms with van der Waals surface area (Å²) in [6.07, 6.45) is 2.31. The number of nitrogens with one attached hydrogen (secondary N) is 2. The second kappa shape index (κ2) is 8.18. The van der Waals surface area contributed by atoms with E-state index < -0.39 is 12.1 Å². The highest BCUT2D eigenvalue weighted by atomic mass is 16.3. The van der Waals surface area contributed by atoms with Crippen molar-refractivity contribution in [3.63, 3.8) is 0 Å². The van der Waals surface area contributed by atoms with Gasteiger partial charge in [-0.15, -0.1) is 0 Å². The van der Waals surface area contributed by atoms with Gasteiger partial charge in [-0.1, -0.05) is 38.5 Å². The molecule has 3 N–H and O–H groups in total. The van der Waals surface area contributed by atoms with Crippen LogP contribution in [0.3, 0.4) is 0 Å². The zero-order chi connectivity index (χ0) is 19.4. The molecule has 0 saturated heterocycles. The van der Waals surface area contributed by atoms with E-state index in [9.17, 15) is 14.7 Å². The number of pyridine rings is 1. The standard InChI is InChI=1S/C20H24N4O3/c1-3-13(2)18-19(26)22-15-8-5-4-7-14(15)11-24(18)20(27)23-16-9-6-10-21-17(16)12-25/h4-10,13,18,25H,3,11-12H2,1-2H3,(H,22,26)(H,23,27). The normalized spacial score (nSPS) is 17.5. The van der Waals surface area contributed by atoms with Crippen molar-refractivity contribution in [2.45, 2.75) is 39.5 Å². The molecule has 0 spiro atoms. The molecule has 0 fully saturated rings. The molecule has 2 unspecified atom stereocenters. The highest BCUT2D eigenvalue weighted by Gasteiger charge is 2.36. The fourth-order valence-electron chi connectivity index (χ4n) is 3.26. The summed E-state index contributed by atoms with van der Waals surface area (Å²) >= 11 is 0. The van der Waals surface area contributed by atoms with Crippen molar-refractivity contribution in [1.82, 2.24) is 9.88 Å². The molecule has 3 rings (SSSR count). The van der Waals surface area contributed by atoms with Crippen LogP contribution < -0.4 is 10.6 Å². The molecule has 27 heavy (non-hydrogen) atoms. The first-order chi connectivity index (χ1) is 13.0. The Kier molecular flexibility index (Phi) is 5.71. The van der Waals surface area contributed by atoms with Crippen molar-refractivity contribution < 1.29 is 14.7 Å². The zero-order valence-corrected chi connectivity index (χ0v) is 15.5. The Labute approximate surface area is 158 Å². The predicted octanol–water partition coefficient (Wildman–Crippen LogP) is 2.97. The van der Waals surface area contributed by atoms with Gasteiger partial charge in [-0.3, -0.25) is 9.78 Å². The summed E-state index contributed by atoms with van der Waals surface area (Å²) in [4.78, 5) is 31.6. The Bertz CT molecular complexity index is 839. The molecule has 1 aromatic heterocycles. The van der Waals surface area contributed by atoms with Gasteiger partial charge in [0.05, 0.1) is 24.5 Å². The third kappa shape index (κ3) is 3.93. The number of carbonyl (C=O) groups is 2. The predicted molar refractivity (Wildman–Crippen MR) is 103 cm³/mol. The summed E-state index contributed by atoms with van der Waals surface area (Å²) in [7, 11) is 0. The Hall–Kier alpha value is -2.93. The summed E-state index contributed by atoms with van der Waals surface area (Å²) in [6.45, 7) is 3.99. The number of rotatable bonds is 4. The van der Waals surface area contributed by atoms with Crippen molar-refractivity contribution in [3.05, 3.63) is 53.9 Å². The van der Waals surface area contributed by atoms with Gasteiger partial charge < -0.3 is 20.6 Å². The summed E-state index contributed by atoms with van der Waals surface area (Å²) in [5.41, 5.74) is 2.42. The van der Waals surface area contributed by atoms with E-state index in [0.717, 1.165) is 17.7 Å². The van der Waals surface area contributed by atoms with Crippen molar-refractivity contribution in [3.8, 4) is 0 Å². The highest BCUT2D eigenvalue weighted by Crippen LogP contribution is 2.28. The lowest BCUT2D eigenvalue weighted by Gasteiger charge is -2.32. The fraction of sp³-hybridized carbons (Fsp3) is 0.350. The van der Waals surface area contributed by atoms with Gasteiger partial charge in [0.1, 0.15) is 6.04 Å². The van der Waals surface area contributed by atoms with Crippen LogP contribution in [-0.4, -0.2) is 33.0 Å². The van der Waals surface area contributed by atoms with Crippen molar-refractivity contribution in [2.24, 2.45) is 5.92 Å². The number of aliphatic hydroxyl groups excluding tert-OH is 1. The number of benzene rings is 1. The Morgan fingerprint density at radius 3 is 2.89 bits per heavy atom. The number of aromatic nitrogens is 1. The summed E-state index contributed by atoms with van der Waals surface area (Å²) < 4.78 is 0. The number of anilines is 2. The lowest BCUT2D eigenvalue weighted by atomic mass is 9.97. The smallest absolute Gasteiger partial charge is 0.322 e. The molecule has 0 bridgehead atoms. The minimum atomic E-state index is -0.600. The second-order valence-corrected chi connectivity index (χ2v) is 6.69. The Morgan fingerprint density at radius 2 is 2.15 bits per heavy atom. The van der Waals surface area contributed by atoms with Crippen LogP contribution in [0.4, 0.5) is 16.2 Å². The Morgan fingerprint density at radius 1 is 1.37 bits per heavy atom. The second-order valence-electron chi connectivity index (χ2n) is 6.69. The lowest BCUT2D eigenvalue weighted by Crippen LogP contribution is -2.50. The third-order valence-corrected chi connectivity index (χ3v) is 4.95. The molecule has 1 aliphatic rings. The first-order valence-corrected chi connectivity index (χ1v) is 9.06. The van der Waals surface area contributed by atoms with Gasteiger partial charge in [0.2, 0.25) is 5.91 Å². The van der Waals surface area contributed by atoms with Gasteiger partial charge in [-0.2, -0.15) is 0 Å². The maximum absolute atomic E-state index is 13.1. The Balaban J connectivity index is 1.95. The lowest BCUT2D eigenvalue weighted by molar-refractivity contribution is -0.121. The average Bonchev–Trinajstić information content (AvgIpc) is 2.83. The maximum atomic E-state index is 13.1. The molecule has 7 nitrogen and oxygen atoms in total. The molecule has 0 radical (unpaired) electrons. The number of fused-ring (bicyclic) bond motifs is 1. The number of carbonyl (C=O) groups excluding carboxylic acids is 2. The van der Waals surface area contributed by atoms with Crippen molar-refractivity contribution in [1.29, 1.82) is 0 Å². The van der Waals surface area contributed by atoms with E-state index in [2.05, 4.69) is 15.6 Å². The summed E-state index contributed by atoms with van der Waals surface area (Å²) in [6, 6.07) is 9.86. The van der Waals surface area contributed by atoms with Crippen LogP contribution in [0.1, 0.15) is 31.5 Å². The van der Waals surface area contributed by atoms with E-state index in [4.69, 9.17) is 0 Å². The molecule has 1 aromatic carbocycles. The average molecular weight is 368 g/mol. The molecule has 1 aliphatic heterocycles. The number of hydrogen-bond acceptors (Lipinski definition) is 4. The summed E-state index contributed by atoms with van der Waals surface area (Å²) in [5.74, 6) is -0.214. The molecular formula is C20H24N4O3. The van der Waals surface area contributed by atoms with E-state index in [-0.39, 0.29) is 18.4 Å². The molecule has 142 valence electrons. The van der Waals surface area contributed by atoms with E-state index in [1.165, 1.54) is 0 Å². The first-order valence-electron chi connectivity index (χ1n) is 9.06. The van der Waals surface area contributed by atoms with Gasteiger partial charge in [0.25, 0.3) is 0 Å². The van der Waals surface area contributed by atoms with Crippen LogP contribution in [0.15, 0.2) is 42.6 Å². The van der Waals surface area contributed by atoms with Crippen LogP contribution in [-0.2, 0) is 17.9 Å². The van der Waals surface area contributed by atoms with E-state index in [1.54, 1.807) is 23.2 Å². The molecule has 2 heterocycles. The van der Waals surface area contributed by atoms with Crippen molar-refractivity contribution >= 4 is 23.3 Å². The molecular weight excluding hydrogens is 344 g/mol. The minimum Gasteiger partial charge on any atom is -0.390 e. The van der Waals surface area contributed by atoms with Crippen LogP contribution in [0, 0.1) is 5.92 Å². The number of hydrogen-bond donors (Lipinski definition) is 3. The van der Waals surface area contributed by atoms with Crippen LogP contribution in [0.25, 0.3) is 0 Å². The van der Waals surface area contributed by atoms with Crippen LogP contribution in [0.2, 0.25) is 0 Å². The van der Waals surface area contributed by atoms with Crippen molar-refractivity contribution in [2.75, 3.05) is 10.6 Å². The molecule has 3 amide bonds. The zero-order valence-electron chi connectivity index (χ0n) is 15.5. The minimum absolute atomic E-state index is 0.0173. The van der Waals surface area contributed by atoms with Gasteiger partial charge in [-0.25, -0.2) is 4.79 Å². The number of aliphatic hydroxyl groups is 1. The van der Waals surface area contributed by atoms with E-state index >= 15 is 0 Å². The van der Waals surface area contributed by atoms with Gasteiger partial charge in [0, 0.05) is 11.9 Å². The van der Waals surface area contributed by atoms with Gasteiger partial charge in [0.15, 0.2) is 0 Å². The maximum Gasteiger partial charge on any atom is 0.322 e. The number of amides is 3. The van der Waals surface area contributed by atoms with Crippen LogP contribution in [0.5, 0.6) is 0 Å². The topological polar surface area (TPSA) is 94.6 Å². The number of para-hydroxylation sites is 1. The summed E-state index contributed by atoms with van der Waals surface area (Å²) in [5, 5.41) is 15.2. The molecule has 2 atom stereocenters. The quantitative estimate of drug-likeness (QED) is 0.773. The SMILES string of the molecule is CCC(C)C1C(=O)Nc2ccccc2CN1C(=O)Nc1cccnc1CO. The number of nitrogens with zero attached hydrogens (tertiary/aromatic N) is 2. The highest BCUT2D eigenvalue weighted by molar-refractivity contribution is 6.01. The first kappa shape index (κ1) is 18.8. The largest absolute Gasteiger partial charge is 0.390 e. The van der Waals surface area contributed by atoms with Crippen LogP contribution >= 0.6 is 0 Å². The van der Waals surface area contributed by atoms with Gasteiger partial charge in [-0.05, 0) is 29.7 Å². The number of urea groups is 1. The molecule has 7 heteroatoms. The molecule has 0 aliphatic carbocycles. The van der Waals surface area contributed by atoms with E-state index in [0.29, 0.717) is 17.9 Å². The molecule has 2 aromatic rings. The fourth-order valence-corrected chi connectivity index (χ4v) is 3.26. The third-order valence-electron chi connectivity index (χ3n) is 4.95.